The zero-order chi connectivity index (χ0) is 13.2. The Balaban J connectivity index is 3.35. The van der Waals surface area contributed by atoms with Crippen molar-refractivity contribution in [1.82, 2.24) is 0 Å². The molecule has 0 atom stereocenters. The highest BCUT2D eigenvalue weighted by Gasteiger charge is 2.19. The van der Waals surface area contributed by atoms with Crippen LogP contribution in [0.15, 0.2) is 12.1 Å². The minimum Gasteiger partial charge on any atom is -0.423 e. The predicted octanol–water partition coefficient (Wildman–Crippen LogP) is -0.444. The van der Waals surface area contributed by atoms with Crippen LogP contribution in [0.25, 0.3) is 0 Å². The lowest BCUT2D eigenvalue weighted by molar-refractivity contribution is 0.112. The van der Waals surface area contributed by atoms with Gasteiger partial charge in [-0.25, -0.2) is 8.42 Å². The highest BCUT2D eigenvalue weighted by molar-refractivity contribution is 8.13. The molecular formula is C9H10BClO5S. The summed E-state index contributed by atoms with van der Waals surface area (Å²) >= 11 is 0. The third kappa shape index (κ3) is 3.81. The van der Waals surface area contributed by atoms with Gasteiger partial charge in [0.15, 0.2) is 0 Å². The Labute approximate surface area is 104 Å². The van der Waals surface area contributed by atoms with Gasteiger partial charge in [0.25, 0.3) is 0 Å². The van der Waals surface area contributed by atoms with Crippen molar-refractivity contribution in [2.45, 2.75) is 12.7 Å². The van der Waals surface area contributed by atoms with Crippen LogP contribution in [-0.2, 0) is 14.8 Å². The molecule has 0 aliphatic carbocycles. The molecule has 5 nitrogen and oxygen atoms in total. The van der Waals surface area contributed by atoms with Crippen molar-refractivity contribution in [3.8, 4) is 0 Å². The lowest BCUT2D eigenvalue weighted by Gasteiger charge is -2.10. The summed E-state index contributed by atoms with van der Waals surface area (Å²) in [6.45, 7) is 1.54. The molecule has 17 heavy (non-hydrogen) atoms. The van der Waals surface area contributed by atoms with Gasteiger partial charge in [0.05, 0.1) is 5.75 Å². The molecule has 0 saturated heterocycles. The summed E-state index contributed by atoms with van der Waals surface area (Å²) in [6, 6.07) is 2.65. The molecule has 92 valence electrons. The fourth-order valence-electron chi connectivity index (χ4n) is 1.50. The van der Waals surface area contributed by atoms with Crippen molar-refractivity contribution < 1.29 is 23.3 Å². The van der Waals surface area contributed by atoms with Crippen LogP contribution < -0.4 is 5.46 Å². The quantitative estimate of drug-likeness (QED) is 0.442. The molecule has 0 aliphatic rings. The number of carbonyl (C=O) groups excluding carboxylic acids is 1. The van der Waals surface area contributed by atoms with E-state index in [1.165, 1.54) is 19.1 Å². The lowest BCUT2D eigenvalue weighted by Crippen LogP contribution is -2.33. The molecule has 0 amide bonds. The number of carbonyl (C=O) groups is 1. The van der Waals surface area contributed by atoms with Crippen molar-refractivity contribution in [2.24, 2.45) is 0 Å². The van der Waals surface area contributed by atoms with Crippen LogP contribution >= 0.6 is 10.7 Å². The molecule has 0 spiro atoms. The first kappa shape index (κ1) is 14.2. The van der Waals surface area contributed by atoms with Gasteiger partial charge in [-0.3, -0.25) is 4.79 Å². The minimum absolute atomic E-state index is 0.0879. The summed E-state index contributed by atoms with van der Waals surface area (Å²) in [6.07, 6.45) is 0.519. The average molecular weight is 277 g/mol. The molecular weight excluding hydrogens is 266 g/mol. The Morgan fingerprint density at radius 3 is 2.41 bits per heavy atom. The summed E-state index contributed by atoms with van der Waals surface area (Å²) in [5.41, 5.74) is 0.914. The molecule has 0 saturated carbocycles. The Kier molecular flexibility index (Phi) is 4.32. The Morgan fingerprint density at radius 1 is 1.41 bits per heavy atom. The first-order valence-corrected chi connectivity index (χ1v) is 7.09. The maximum Gasteiger partial charge on any atom is 0.488 e. The van der Waals surface area contributed by atoms with E-state index in [1.54, 1.807) is 0 Å². The normalized spacial score (nSPS) is 11.3. The molecule has 0 radical (unpaired) electrons. The molecule has 1 aromatic rings. The summed E-state index contributed by atoms with van der Waals surface area (Å²) in [5, 5.41) is 18.2. The number of halogens is 1. The van der Waals surface area contributed by atoms with E-state index in [0.29, 0.717) is 11.8 Å². The van der Waals surface area contributed by atoms with Gasteiger partial charge >= 0.3 is 7.12 Å². The summed E-state index contributed by atoms with van der Waals surface area (Å²) in [7, 11) is -0.442. The average Bonchev–Trinajstić information content (AvgIpc) is 2.17. The van der Waals surface area contributed by atoms with Gasteiger partial charge < -0.3 is 10.0 Å². The molecule has 0 fully saturated rings. The monoisotopic (exact) mass is 276 g/mol. The predicted molar refractivity (Wildman–Crippen MR) is 64.9 cm³/mol. The van der Waals surface area contributed by atoms with Crippen molar-refractivity contribution in [3.63, 3.8) is 0 Å². The zero-order valence-corrected chi connectivity index (χ0v) is 10.5. The molecule has 1 rings (SSSR count). The third-order valence-electron chi connectivity index (χ3n) is 2.29. The van der Waals surface area contributed by atoms with Gasteiger partial charge in [0, 0.05) is 16.2 Å². The lowest BCUT2D eigenvalue weighted by atomic mass is 9.75. The van der Waals surface area contributed by atoms with Gasteiger partial charge in [-0.1, -0.05) is 6.07 Å². The van der Waals surface area contributed by atoms with Crippen LogP contribution in [0.3, 0.4) is 0 Å². The van der Waals surface area contributed by atoms with E-state index in [2.05, 4.69) is 0 Å². The topological polar surface area (TPSA) is 91.7 Å². The number of rotatable bonds is 4. The van der Waals surface area contributed by atoms with Crippen molar-refractivity contribution >= 4 is 38.6 Å². The minimum atomic E-state index is -3.76. The zero-order valence-electron chi connectivity index (χ0n) is 8.92. The van der Waals surface area contributed by atoms with Crippen molar-refractivity contribution in [3.05, 3.63) is 28.8 Å². The highest BCUT2D eigenvalue weighted by Crippen LogP contribution is 2.13. The largest absolute Gasteiger partial charge is 0.488 e. The smallest absolute Gasteiger partial charge is 0.423 e. The van der Waals surface area contributed by atoms with E-state index in [9.17, 15) is 13.2 Å². The van der Waals surface area contributed by atoms with E-state index in [4.69, 9.17) is 20.7 Å². The summed E-state index contributed by atoms with van der Waals surface area (Å²) in [4.78, 5) is 10.8. The first-order chi connectivity index (χ1) is 7.74. The van der Waals surface area contributed by atoms with Gasteiger partial charge in [-0.2, -0.15) is 0 Å². The molecule has 0 aromatic heterocycles. The molecule has 1 aromatic carbocycles. The summed E-state index contributed by atoms with van der Waals surface area (Å²) < 4.78 is 21.8. The molecule has 0 aliphatic heterocycles. The standard InChI is InChI=1S/C9H10BClO5S/c1-6-8(4-12)2-7(5-17(11,15)16)3-9(6)10(13)14/h2-4,13-14H,5H2,1H3. The van der Waals surface area contributed by atoms with Crippen molar-refractivity contribution in [1.29, 1.82) is 0 Å². The van der Waals surface area contributed by atoms with Crippen LogP contribution in [0.4, 0.5) is 0 Å². The van der Waals surface area contributed by atoms with E-state index < -0.39 is 21.9 Å². The number of hydrogen-bond acceptors (Lipinski definition) is 5. The van der Waals surface area contributed by atoms with E-state index in [1.807, 2.05) is 0 Å². The Bertz CT molecular complexity index is 541. The fourth-order valence-corrected chi connectivity index (χ4v) is 2.44. The molecule has 0 heterocycles. The van der Waals surface area contributed by atoms with Crippen LogP contribution in [0.5, 0.6) is 0 Å². The second kappa shape index (κ2) is 5.18. The molecule has 8 heteroatoms. The number of benzene rings is 1. The number of hydrogen-bond donors (Lipinski definition) is 2. The van der Waals surface area contributed by atoms with Crippen LogP contribution in [0.1, 0.15) is 21.5 Å². The maximum atomic E-state index is 10.9. The molecule has 2 N–H and O–H groups in total. The van der Waals surface area contributed by atoms with E-state index >= 15 is 0 Å². The summed E-state index contributed by atoms with van der Waals surface area (Å²) in [5.74, 6) is -0.477. The Morgan fingerprint density at radius 2 is 2.00 bits per heavy atom. The number of aldehydes is 1. The van der Waals surface area contributed by atoms with Gasteiger partial charge in [0.2, 0.25) is 9.05 Å². The van der Waals surface area contributed by atoms with Gasteiger partial charge in [0.1, 0.15) is 6.29 Å². The molecule has 0 bridgehead atoms. The van der Waals surface area contributed by atoms with Crippen LogP contribution in [0, 0.1) is 6.92 Å². The second-order valence-corrected chi connectivity index (χ2v) is 6.35. The molecule has 0 unspecified atom stereocenters. The highest BCUT2D eigenvalue weighted by atomic mass is 35.7. The van der Waals surface area contributed by atoms with Gasteiger partial charge in [-0.05, 0) is 29.6 Å². The SMILES string of the molecule is Cc1c(C=O)cc(CS(=O)(=O)Cl)cc1B(O)O. The Hall–Kier alpha value is -0.885. The second-order valence-electron chi connectivity index (χ2n) is 3.57. The maximum absolute atomic E-state index is 10.9. The van der Waals surface area contributed by atoms with Crippen molar-refractivity contribution in [2.75, 3.05) is 0 Å². The first-order valence-electron chi connectivity index (χ1n) is 4.61. The fraction of sp³-hybridized carbons (Fsp3) is 0.222. The van der Waals surface area contributed by atoms with Crippen LogP contribution in [0.2, 0.25) is 0 Å². The van der Waals surface area contributed by atoms with Gasteiger partial charge in [-0.15, -0.1) is 0 Å². The van der Waals surface area contributed by atoms with Crippen LogP contribution in [-0.4, -0.2) is 31.9 Å². The van der Waals surface area contributed by atoms with E-state index in [0.717, 1.165) is 0 Å². The van der Waals surface area contributed by atoms with E-state index in [-0.39, 0.29) is 16.6 Å². The third-order valence-corrected chi connectivity index (χ3v) is 3.30.